The molecule has 1 N–H and O–H groups in total. The van der Waals surface area contributed by atoms with Crippen molar-refractivity contribution in [1.82, 2.24) is 10.2 Å². The highest BCUT2D eigenvalue weighted by Gasteiger charge is 2.23. The van der Waals surface area contributed by atoms with Crippen LogP contribution in [0.15, 0.2) is 30.4 Å². The molecule has 0 amide bonds. The van der Waals surface area contributed by atoms with Crippen molar-refractivity contribution in [1.29, 1.82) is 0 Å². The third-order valence-electron chi connectivity index (χ3n) is 3.40. The molecule has 0 aliphatic carbocycles. The fourth-order valence-corrected chi connectivity index (χ4v) is 2.55. The van der Waals surface area contributed by atoms with E-state index in [0.29, 0.717) is 5.56 Å². The van der Waals surface area contributed by atoms with E-state index < -0.39 is 11.6 Å². The Bertz CT molecular complexity index is 443. The molecule has 2 nitrogen and oxygen atoms in total. The molecule has 1 aromatic carbocycles. The van der Waals surface area contributed by atoms with Gasteiger partial charge < -0.3 is 5.32 Å². The molecule has 1 aliphatic rings. The molecule has 21 heavy (non-hydrogen) atoms. The second-order valence-electron chi connectivity index (χ2n) is 5.17. The summed E-state index contributed by atoms with van der Waals surface area (Å²) < 4.78 is 26.8. The Kier molecular flexibility index (Phi) is 9.06. The Morgan fingerprint density at radius 2 is 1.71 bits per heavy atom. The van der Waals surface area contributed by atoms with E-state index in [1.807, 2.05) is 6.92 Å². The van der Waals surface area contributed by atoms with Crippen LogP contribution in [0.25, 0.3) is 0 Å². The van der Waals surface area contributed by atoms with Crippen molar-refractivity contribution in [3.05, 3.63) is 47.5 Å². The predicted molar refractivity (Wildman–Crippen MR) is 87.5 cm³/mol. The number of benzene rings is 1. The first kappa shape index (κ1) is 20.3. The van der Waals surface area contributed by atoms with Crippen LogP contribution in [0.1, 0.15) is 24.9 Å². The maximum atomic E-state index is 13.4. The first-order valence-corrected chi connectivity index (χ1v) is 6.61. The number of nitrogens with one attached hydrogen (secondary N) is 1. The lowest BCUT2D eigenvalue weighted by Gasteiger charge is -2.35. The van der Waals surface area contributed by atoms with Crippen LogP contribution in [-0.4, -0.2) is 31.1 Å². The van der Waals surface area contributed by atoms with Crippen LogP contribution in [-0.2, 0) is 0 Å². The van der Waals surface area contributed by atoms with Crippen LogP contribution in [0.3, 0.4) is 0 Å². The molecule has 1 aliphatic heterocycles. The molecule has 120 valence electrons. The zero-order valence-electron chi connectivity index (χ0n) is 12.1. The van der Waals surface area contributed by atoms with E-state index >= 15 is 0 Å². The zero-order chi connectivity index (χ0) is 13.8. The van der Waals surface area contributed by atoms with Crippen molar-refractivity contribution >= 4 is 24.8 Å². The Balaban J connectivity index is 0.00000200. The highest BCUT2D eigenvalue weighted by molar-refractivity contribution is 5.85. The smallest absolute Gasteiger partial charge is 0.126 e. The van der Waals surface area contributed by atoms with Gasteiger partial charge >= 0.3 is 0 Å². The molecule has 0 radical (unpaired) electrons. The van der Waals surface area contributed by atoms with Gasteiger partial charge in [0.25, 0.3) is 0 Å². The summed E-state index contributed by atoms with van der Waals surface area (Å²) in [5, 5.41) is 3.28. The average molecular weight is 339 g/mol. The molecule has 1 saturated heterocycles. The van der Waals surface area contributed by atoms with Crippen LogP contribution in [0.4, 0.5) is 8.78 Å². The molecule has 1 heterocycles. The highest BCUT2D eigenvalue weighted by atomic mass is 35.5. The van der Waals surface area contributed by atoms with Crippen molar-refractivity contribution in [3.63, 3.8) is 0 Å². The van der Waals surface area contributed by atoms with Gasteiger partial charge in [-0.2, -0.15) is 0 Å². The number of rotatable bonds is 4. The van der Waals surface area contributed by atoms with Crippen molar-refractivity contribution in [2.45, 2.75) is 19.4 Å². The molecule has 0 unspecified atom stereocenters. The van der Waals surface area contributed by atoms with Crippen molar-refractivity contribution in [2.24, 2.45) is 0 Å². The zero-order valence-corrected chi connectivity index (χ0v) is 13.7. The Morgan fingerprint density at radius 3 is 2.19 bits per heavy atom. The SMILES string of the molecule is C=C(C)C[C@@H](c1cc(F)cc(F)c1)N1CCNCC1.Cl.Cl. The topological polar surface area (TPSA) is 15.3 Å². The maximum absolute atomic E-state index is 13.4. The molecule has 2 rings (SSSR count). The van der Waals surface area contributed by atoms with Crippen molar-refractivity contribution in [3.8, 4) is 0 Å². The van der Waals surface area contributed by atoms with Crippen LogP contribution < -0.4 is 5.32 Å². The van der Waals surface area contributed by atoms with Gasteiger partial charge in [0.2, 0.25) is 0 Å². The Morgan fingerprint density at radius 1 is 1.19 bits per heavy atom. The number of hydrogen-bond acceptors (Lipinski definition) is 2. The van der Waals surface area contributed by atoms with Crippen LogP contribution in [0.5, 0.6) is 0 Å². The third kappa shape index (κ3) is 5.91. The molecule has 0 saturated carbocycles. The molecule has 6 heteroatoms. The van der Waals surface area contributed by atoms with E-state index in [4.69, 9.17) is 0 Å². The second kappa shape index (κ2) is 9.36. The van der Waals surface area contributed by atoms with Crippen molar-refractivity contribution in [2.75, 3.05) is 26.2 Å². The second-order valence-corrected chi connectivity index (χ2v) is 5.17. The number of halogens is 4. The molecular weight excluding hydrogens is 317 g/mol. The first-order valence-electron chi connectivity index (χ1n) is 6.61. The lowest BCUT2D eigenvalue weighted by molar-refractivity contribution is 0.172. The number of nitrogens with zero attached hydrogens (tertiary/aromatic N) is 1. The summed E-state index contributed by atoms with van der Waals surface area (Å²) in [5.41, 5.74) is 1.72. The quantitative estimate of drug-likeness (QED) is 0.841. The summed E-state index contributed by atoms with van der Waals surface area (Å²) >= 11 is 0. The standard InChI is InChI=1S/C15H20F2N2.2ClH/c1-11(2)7-15(19-5-3-18-4-6-19)12-8-13(16)10-14(17)9-12;;/h8-10,15,18H,1,3-7H2,2H3;2*1H/t15-;;/m0../s1. The van der Waals surface area contributed by atoms with E-state index in [1.54, 1.807) is 0 Å². The summed E-state index contributed by atoms with van der Waals surface area (Å²) in [4.78, 5) is 2.26. The monoisotopic (exact) mass is 338 g/mol. The molecule has 0 spiro atoms. The lowest BCUT2D eigenvalue weighted by Crippen LogP contribution is -2.45. The summed E-state index contributed by atoms with van der Waals surface area (Å²) in [5.74, 6) is -1.03. The summed E-state index contributed by atoms with van der Waals surface area (Å²) in [6.07, 6.45) is 0.725. The average Bonchev–Trinajstić information content (AvgIpc) is 2.35. The molecule has 1 fully saturated rings. The summed E-state index contributed by atoms with van der Waals surface area (Å²) in [6.45, 7) is 9.46. The van der Waals surface area contributed by atoms with Gasteiger partial charge in [-0.25, -0.2) is 8.78 Å². The van der Waals surface area contributed by atoms with E-state index in [1.165, 1.54) is 12.1 Å². The van der Waals surface area contributed by atoms with Gasteiger partial charge in [-0.05, 0) is 31.0 Å². The van der Waals surface area contributed by atoms with Gasteiger partial charge in [-0.15, -0.1) is 31.4 Å². The number of hydrogen-bond donors (Lipinski definition) is 1. The minimum absolute atomic E-state index is 0. The van der Waals surface area contributed by atoms with Gasteiger partial charge in [-0.3, -0.25) is 4.90 Å². The van der Waals surface area contributed by atoms with Gasteiger partial charge in [0.1, 0.15) is 11.6 Å². The van der Waals surface area contributed by atoms with E-state index in [0.717, 1.165) is 44.2 Å². The van der Waals surface area contributed by atoms with E-state index in [2.05, 4.69) is 16.8 Å². The molecule has 0 bridgehead atoms. The molecule has 1 aromatic rings. The van der Waals surface area contributed by atoms with E-state index in [-0.39, 0.29) is 30.9 Å². The Labute approximate surface area is 137 Å². The van der Waals surface area contributed by atoms with Crippen LogP contribution in [0, 0.1) is 11.6 Å². The Hall–Kier alpha value is -0.680. The molecule has 1 atom stereocenters. The van der Waals surface area contributed by atoms with E-state index in [9.17, 15) is 8.78 Å². The largest absolute Gasteiger partial charge is 0.314 e. The summed E-state index contributed by atoms with van der Waals surface area (Å²) in [7, 11) is 0. The van der Waals surface area contributed by atoms with Gasteiger partial charge in [-0.1, -0.05) is 5.57 Å². The van der Waals surface area contributed by atoms with Gasteiger partial charge in [0, 0.05) is 38.3 Å². The van der Waals surface area contributed by atoms with Crippen LogP contribution >= 0.6 is 24.8 Å². The van der Waals surface area contributed by atoms with Gasteiger partial charge in [0.05, 0.1) is 0 Å². The van der Waals surface area contributed by atoms with Gasteiger partial charge in [0.15, 0.2) is 0 Å². The van der Waals surface area contributed by atoms with Crippen LogP contribution in [0.2, 0.25) is 0 Å². The fraction of sp³-hybridized carbons (Fsp3) is 0.467. The fourth-order valence-electron chi connectivity index (χ4n) is 2.55. The number of piperazine rings is 1. The van der Waals surface area contributed by atoms with Crippen molar-refractivity contribution < 1.29 is 8.78 Å². The third-order valence-corrected chi connectivity index (χ3v) is 3.40. The summed E-state index contributed by atoms with van der Waals surface area (Å²) in [6, 6.07) is 3.78. The normalized spacial score (nSPS) is 16.5. The minimum Gasteiger partial charge on any atom is -0.314 e. The minimum atomic E-state index is -0.517. The maximum Gasteiger partial charge on any atom is 0.126 e. The lowest BCUT2D eigenvalue weighted by atomic mass is 9.97. The molecule has 0 aromatic heterocycles. The first-order chi connectivity index (χ1) is 9.06. The molecular formula is C15H22Cl2F2N2. The highest BCUT2D eigenvalue weighted by Crippen LogP contribution is 2.28. The predicted octanol–water partition coefficient (Wildman–Crippen LogP) is 3.72.